The zero-order valence-corrected chi connectivity index (χ0v) is 11.7. The van der Waals surface area contributed by atoms with Gasteiger partial charge in [0.25, 0.3) is 5.56 Å². The summed E-state index contributed by atoms with van der Waals surface area (Å²) in [5.41, 5.74) is 2.01. The lowest BCUT2D eigenvalue weighted by molar-refractivity contribution is 0.270. The summed E-state index contributed by atoms with van der Waals surface area (Å²) in [4.78, 5) is 12.0. The quantitative estimate of drug-likeness (QED) is 0.921. The van der Waals surface area contributed by atoms with Crippen molar-refractivity contribution in [1.29, 1.82) is 0 Å². The van der Waals surface area contributed by atoms with Gasteiger partial charge in [-0.3, -0.25) is 9.36 Å². The van der Waals surface area contributed by atoms with Gasteiger partial charge in [-0.2, -0.15) is 0 Å². The smallest absolute Gasteiger partial charge is 0.255 e. The molecule has 0 fully saturated rings. The molecule has 0 aliphatic heterocycles. The van der Waals surface area contributed by atoms with Gasteiger partial charge in [-0.25, -0.2) is 0 Å². The lowest BCUT2D eigenvalue weighted by atomic mass is 10.1. The second-order valence-corrected chi connectivity index (χ2v) is 4.41. The average Bonchev–Trinajstić information content (AvgIpc) is 2.48. The number of aryl methyl sites for hydroxylation is 1. The van der Waals surface area contributed by atoms with Gasteiger partial charge in [0.05, 0.1) is 26.5 Å². The zero-order chi connectivity index (χ0) is 14.7. The third kappa shape index (κ3) is 2.53. The molecule has 0 bridgehead atoms. The lowest BCUT2D eigenvalue weighted by Gasteiger charge is -2.15. The maximum atomic E-state index is 12.0. The Morgan fingerprint density at radius 2 is 1.95 bits per heavy atom. The Morgan fingerprint density at radius 3 is 2.55 bits per heavy atom. The van der Waals surface area contributed by atoms with Gasteiger partial charge in [0.2, 0.25) is 0 Å². The molecule has 0 amide bonds. The molecule has 1 aromatic heterocycles. The van der Waals surface area contributed by atoms with Gasteiger partial charge in [-0.15, -0.1) is 0 Å². The Morgan fingerprint density at radius 1 is 1.20 bits per heavy atom. The van der Waals surface area contributed by atoms with E-state index in [0.29, 0.717) is 22.7 Å². The molecule has 0 radical (unpaired) electrons. The van der Waals surface area contributed by atoms with E-state index in [4.69, 9.17) is 9.47 Å². The van der Waals surface area contributed by atoms with E-state index in [1.54, 1.807) is 24.4 Å². The van der Waals surface area contributed by atoms with Crippen LogP contribution in [0.25, 0.3) is 5.69 Å². The van der Waals surface area contributed by atoms with Crippen molar-refractivity contribution in [2.75, 3.05) is 14.2 Å². The van der Waals surface area contributed by atoms with Gasteiger partial charge in [0.1, 0.15) is 0 Å². The van der Waals surface area contributed by atoms with Crippen molar-refractivity contribution in [3.8, 4) is 17.2 Å². The molecule has 2 aromatic rings. The summed E-state index contributed by atoms with van der Waals surface area (Å²) in [6, 6.07) is 6.68. The number of aromatic nitrogens is 1. The molecular formula is C15H17NO4. The van der Waals surface area contributed by atoms with Gasteiger partial charge in [-0.1, -0.05) is 6.07 Å². The van der Waals surface area contributed by atoms with Crippen LogP contribution in [0.2, 0.25) is 0 Å². The van der Waals surface area contributed by atoms with Crippen LogP contribution in [0.3, 0.4) is 0 Å². The highest BCUT2D eigenvalue weighted by molar-refractivity contribution is 5.54. The SMILES string of the molecule is COc1cc(-n2cc(C)ccc2=O)cc(CO)c1OC. The summed E-state index contributed by atoms with van der Waals surface area (Å²) in [7, 11) is 3.03. The van der Waals surface area contributed by atoms with Gasteiger partial charge < -0.3 is 14.6 Å². The Hall–Kier alpha value is -2.27. The molecule has 0 saturated heterocycles. The lowest BCUT2D eigenvalue weighted by Crippen LogP contribution is -2.17. The van der Waals surface area contributed by atoms with Gasteiger partial charge in [0, 0.05) is 23.9 Å². The number of rotatable bonds is 4. The number of benzene rings is 1. The molecule has 106 valence electrons. The van der Waals surface area contributed by atoms with E-state index >= 15 is 0 Å². The van der Waals surface area contributed by atoms with Crippen LogP contribution in [0, 0.1) is 6.92 Å². The molecule has 0 aliphatic rings. The van der Waals surface area contributed by atoms with Crippen molar-refractivity contribution in [2.45, 2.75) is 13.5 Å². The molecule has 0 spiro atoms. The fourth-order valence-electron chi connectivity index (χ4n) is 2.08. The maximum Gasteiger partial charge on any atom is 0.255 e. The molecule has 1 N–H and O–H groups in total. The number of hydrogen-bond donors (Lipinski definition) is 1. The number of aliphatic hydroxyl groups excluding tert-OH is 1. The van der Waals surface area contributed by atoms with Crippen molar-refractivity contribution >= 4 is 0 Å². The monoisotopic (exact) mass is 275 g/mol. The number of nitrogens with zero attached hydrogens (tertiary/aromatic N) is 1. The molecule has 1 aromatic carbocycles. The first-order chi connectivity index (χ1) is 9.60. The van der Waals surface area contributed by atoms with Crippen molar-refractivity contribution in [1.82, 2.24) is 4.57 Å². The molecule has 0 unspecified atom stereocenters. The standard InChI is InChI=1S/C15H17NO4/c1-10-4-5-14(18)16(8-10)12-6-11(9-17)15(20-3)13(7-12)19-2/h4-8,17H,9H2,1-3H3. The summed E-state index contributed by atoms with van der Waals surface area (Å²) in [5.74, 6) is 0.946. The van der Waals surface area contributed by atoms with Crippen LogP contribution < -0.4 is 15.0 Å². The third-order valence-electron chi connectivity index (χ3n) is 3.05. The molecule has 2 rings (SSSR count). The fourth-order valence-corrected chi connectivity index (χ4v) is 2.08. The first-order valence-corrected chi connectivity index (χ1v) is 6.16. The van der Waals surface area contributed by atoms with Crippen LogP contribution in [0.4, 0.5) is 0 Å². The van der Waals surface area contributed by atoms with Crippen molar-refractivity contribution < 1.29 is 14.6 Å². The van der Waals surface area contributed by atoms with Crippen LogP contribution in [-0.4, -0.2) is 23.9 Å². The summed E-state index contributed by atoms with van der Waals surface area (Å²) >= 11 is 0. The first kappa shape index (κ1) is 14.1. The third-order valence-corrected chi connectivity index (χ3v) is 3.05. The molecule has 5 nitrogen and oxygen atoms in total. The zero-order valence-electron chi connectivity index (χ0n) is 11.7. The predicted molar refractivity (Wildman–Crippen MR) is 75.8 cm³/mol. The second kappa shape index (κ2) is 5.79. The summed E-state index contributed by atoms with van der Waals surface area (Å²) in [6.07, 6.45) is 1.74. The highest BCUT2D eigenvalue weighted by Crippen LogP contribution is 2.33. The molecule has 20 heavy (non-hydrogen) atoms. The molecule has 5 heteroatoms. The van der Waals surface area contributed by atoms with Gasteiger partial charge >= 0.3 is 0 Å². The second-order valence-electron chi connectivity index (χ2n) is 4.41. The summed E-state index contributed by atoms with van der Waals surface area (Å²) < 4.78 is 12.0. The number of methoxy groups -OCH3 is 2. The minimum Gasteiger partial charge on any atom is -0.493 e. The van der Waals surface area contributed by atoms with E-state index in [-0.39, 0.29) is 12.2 Å². The number of pyridine rings is 1. The van der Waals surface area contributed by atoms with Crippen LogP contribution in [-0.2, 0) is 6.61 Å². The normalized spacial score (nSPS) is 10.4. The number of aliphatic hydroxyl groups is 1. The summed E-state index contributed by atoms with van der Waals surface area (Å²) in [5, 5.41) is 9.44. The molecule has 0 saturated carbocycles. The highest BCUT2D eigenvalue weighted by Gasteiger charge is 2.13. The Kier molecular flexibility index (Phi) is 4.10. The Bertz CT molecular complexity index is 651. The Balaban J connectivity index is 2.69. The minimum atomic E-state index is -0.200. The van der Waals surface area contributed by atoms with Gasteiger partial charge in [-0.05, 0) is 18.6 Å². The predicted octanol–water partition coefficient (Wildman–Crippen LogP) is 1.66. The number of hydrogen-bond acceptors (Lipinski definition) is 4. The van der Waals surface area contributed by atoms with E-state index < -0.39 is 0 Å². The van der Waals surface area contributed by atoms with Crippen LogP contribution in [0.5, 0.6) is 11.5 Å². The van der Waals surface area contributed by atoms with E-state index in [9.17, 15) is 9.90 Å². The Labute approximate surface area is 117 Å². The highest BCUT2D eigenvalue weighted by atomic mass is 16.5. The number of ether oxygens (including phenoxy) is 2. The average molecular weight is 275 g/mol. The fraction of sp³-hybridized carbons (Fsp3) is 0.267. The van der Waals surface area contributed by atoms with E-state index in [1.165, 1.54) is 24.9 Å². The first-order valence-electron chi connectivity index (χ1n) is 6.16. The van der Waals surface area contributed by atoms with Crippen LogP contribution >= 0.6 is 0 Å². The summed E-state index contributed by atoms with van der Waals surface area (Å²) in [6.45, 7) is 1.71. The van der Waals surface area contributed by atoms with E-state index in [2.05, 4.69) is 0 Å². The van der Waals surface area contributed by atoms with Crippen molar-refractivity contribution in [3.63, 3.8) is 0 Å². The van der Waals surface area contributed by atoms with Crippen LogP contribution in [0.1, 0.15) is 11.1 Å². The van der Waals surface area contributed by atoms with Crippen molar-refractivity contribution in [3.05, 3.63) is 51.9 Å². The maximum absolute atomic E-state index is 12.0. The molecule has 0 aliphatic carbocycles. The molecule has 0 atom stereocenters. The topological polar surface area (TPSA) is 60.7 Å². The van der Waals surface area contributed by atoms with Crippen molar-refractivity contribution in [2.24, 2.45) is 0 Å². The van der Waals surface area contributed by atoms with Gasteiger partial charge in [0.15, 0.2) is 11.5 Å². The molecule has 1 heterocycles. The largest absolute Gasteiger partial charge is 0.493 e. The van der Waals surface area contributed by atoms with E-state index in [1.807, 2.05) is 6.92 Å². The molecular weight excluding hydrogens is 258 g/mol. The minimum absolute atomic E-state index is 0.147. The van der Waals surface area contributed by atoms with Crippen LogP contribution in [0.15, 0.2) is 35.3 Å². The van der Waals surface area contributed by atoms with E-state index in [0.717, 1.165) is 5.56 Å².